The van der Waals surface area contributed by atoms with Gasteiger partial charge in [-0.2, -0.15) is 0 Å². The minimum atomic E-state index is 0.0599. The van der Waals surface area contributed by atoms with Crippen molar-refractivity contribution in [2.45, 2.75) is 26.4 Å². The first-order valence-electron chi connectivity index (χ1n) is 6.73. The normalized spacial score (nSPS) is 18.5. The molecule has 1 unspecified atom stereocenters. The largest absolute Gasteiger partial charge is 0.375 e. The Bertz CT molecular complexity index is 304. The van der Waals surface area contributed by atoms with Crippen LogP contribution in [0.5, 0.6) is 0 Å². The molecule has 0 radical (unpaired) electrons. The third-order valence-electron chi connectivity index (χ3n) is 2.96. The molecule has 0 bridgehead atoms. The van der Waals surface area contributed by atoms with Crippen LogP contribution in [-0.4, -0.2) is 61.8 Å². The molecule has 0 amide bonds. The minimum Gasteiger partial charge on any atom is -0.375 e. The van der Waals surface area contributed by atoms with Crippen LogP contribution in [0.15, 0.2) is 0 Å². The third-order valence-corrected chi connectivity index (χ3v) is 4.01. The molecule has 1 fully saturated rings. The quantitative estimate of drug-likeness (QED) is 0.563. The van der Waals surface area contributed by atoms with E-state index in [1.807, 2.05) is 13.8 Å². The number of carbonyl (C=O) groups excluding carboxylic acids is 1. The van der Waals surface area contributed by atoms with E-state index in [9.17, 15) is 4.79 Å². The van der Waals surface area contributed by atoms with E-state index in [0.29, 0.717) is 19.3 Å². The highest BCUT2D eigenvalue weighted by Crippen LogP contribution is 2.11. The standard InChI is InChI=1S/C13H25NO3S2/c1-11(2)13(15)9-16-5-4-6-17-12-7-14(8-12)10-19(3)18/h11-12H,4-10H2,1-3H3. The van der Waals surface area contributed by atoms with Gasteiger partial charge in [0.05, 0.1) is 6.10 Å². The van der Waals surface area contributed by atoms with E-state index < -0.39 is 0 Å². The van der Waals surface area contributed by atoms with E-state index in [2.05, 4.69) is 11.2 Å². The Morgan fingerprint density at radius 3 is 2.68 bits per heavy atom. The van der Waals surface area contributed by atoms with Gasteiger partial charge in [-0.3, -0.25) is 9.69 Å². The summed E-state index contributed by atoms with van der Waals surface area (Å²) in [5.74, 6) is 1.23. The molecular weight excluding hydrogens is 282 g/mol. The molecule has 0 aromatic carbocycles. The van der Waals surface area contributed by atoms with E-state index in [-0.39, 0.29) is 27.8 Å². The Morgan fingerprint density at radius 1 is 1.42 bits per heavy atom. The average Bonchev–Trinajstić information content (AvgIpc) is 2.28. The minimum absolute atomic E-state index is 0.0599. The van der Waals surface area contributed by atoms with Crippen molar-refractivity contribution < 1.29 is 14.3 Å². The number of likely N-dealkylation sites (tertiary alicyclic amines) is 1. The van der Waals surface area contributed by atoms with Gasteiger partial charge in [0.25, 0.3) is 0 Å². The zero-order valence-corrected chi connectivity index (χ0v) is 13.7. The van der Waals surface area contributed by atoms with Gasteiger partial charge in [0.15, 0.2) is 5.78 Å². The lowest BCUT2D eigenvalue weighted by Crippen LogP contribution is -2.53. The summed E-state index contributed by atoms with van der Waals surface area (Å²) in [4.78, 5) is 13.6. The molecule has 0 N–H and O–H groups in total. The molecule has 1 aliphatic rings. The van der Waals surface area contributed by atoms with Crippen LogP contribution in [-0.2, 0) is 34.9 Å². The number of carbonyl (C=O) groups is 1. The second-order valence-electron chi connectivity index (χ2n) is 5.26. The zero-order chi connectivity index (χ0) is 14.3. The van der Waals surface area contributed by atoms with Crippen molar-refractivity contribution >= 4 is 26.4 Å². The van der Waals surface area contributed by atoms with Crippen molar-refractivity contribution in [3.63, 3.8) is 0 Å². The van der Waals surface area contributed by atoms with Gasteiger partial charge in [-0.05, 0) is 12.7 Å². The van der Waals surface area contributed by atoms with Crippen LogP contribution in [0.25, 0.3) is 0 Å². The molecule has 0 saturated carbocycles. The number of ketones is 1. The molecule has 112 valence electrons. The number of nitrogens with zero attached hydrogens (tertiary/aromatic N) is 1. The second-order valence-corrected chi connectivity index (χ2v) is 8.37. The second kappa shape index (κ2) is 9.13. The van der Waals surface area contributed by atoms with Crippen LogP contribution < -0.4 is 0 Å². The highest BCUT2D eigenvalue weighted by atomic mass is 32.8. The van der Waals surface area contributed by atoms with Crippen LogP contribution in [0.3, 0.4) is 0 Å². The molecule has 0 spiro atoms. The number of hydrogen-bond acceptors (Lipinski definition) is 5. The Balaban J connectivity index is 1.88. The molecule has 4 nitrogen and oxygen atoms in total. The molecule has 1 atom stereocenters. The lowest BCUT2D eigenvalue weighted by molar-refractivity contribution is -0.126. The van der Waals surface area contributed by atoms with E-state index in [1.165, 1.54) is 0 Å². The predicted molar refractivity (Wildman–Crippen MR) is 82.1 cm³/mol. The number of ether oxygens (including phenoxy) is 2. The highest BCUT2D eigenvalue weighted by Gasteiger charge is 2.26. The van der Waals surface area contributed by atoms with Crippen LogP contribution >= 0.6 is 0 Å². The SMILES string of the molecule is CC(C)C(=O)COCCCOC1CN(CS(C)=S)C1. The maximum absolute atomic E-state index is 11.3. The summed E-state index contributed by atoms with van der Waals surface area (Å²) < 4.78 is 11.0. The van der Waals surface area contributed by atoms with Crippen molar-refractivity contribution in [2.24, 2.45) is 5.92 Å². The first-order chi connectivity index (χ1) is 8.99. The Hall–Kier alpha value is 0.120. The number of Topliss-reactive ketones (excluding diaryl/α,β-unsaturated/α-hetero) is 1. The first-order valence-corrected chi connectivity index (χ1v) is 9.46. The zero-order valence-electron chi connectivity index (χ0n) is 12.1. The lowest BCUT2D eigenvalue weighted by Gasteiger charge is -2.38. The van der Waals surface area contributed by atoms with Crippen LogP contribution in [0.2, 0.25) is 0 Å². The summed E-state index contributed by atoms with van der Waals surface area (Å²) in [7, 11) is 0.0740. The van der Waals surface area contributed by atoms with Gasteiger partial charge >= 0.3 is 0 Å². The molecule has 1 saturated heterocycles. The maximum Gasteiger partial charge on any atom is 0.160 e. The molecule has 1 aliphatic heterocycles. The predicted octanol–water partition coefficient (Wildman–Crippen LogP) is 0.987. The van der Waals surface area contributed by atoms with Crippen molar-refractivity contribution in [3.05, 3.63) is 0 Å². The molecule has 0 aliphatic carbocycles. The van der Waals surface area contributed by atoms with Crippen molar-refractivity contribution in [2.75, 3.05) is 45.0 Å². The van der Waals surface area contributed by atoms with Crippen LogP contribution in [0.4, 0.5) is 0 Å². The summed E-state index contributed by atoms with van der Waals surface area (Å²) in [5, 5.41) is 0. The Labute approximate surface area is 123 Å². The number of hydrogen-bond donors (Lipinski definition) is 0. The third kappa shape index (κ3) is 7.46. The monoisotopic (exact) mass is 307 g/mol. The van der Waals surface area contributed by atoms with Gasteiger partial charge in [-0.15, -0.1) is 9.45 Å². The summed E-state index contributed by atoms with van der Waals surface area (Å²) in [5.41, 5.74) is 0. The van der Waals surface area contributed by atoms with Gasteiger partial charge in [0.1, 0.15) is 6.61 Å². The average molecular weight is 307 g/mol. The van der Waals surface area contributed by atoms with Gasteiger partial charge in [-0.1, -0.05) is 25.0 Å². The van der Waals surface area contributed by atoms with Crippen LogP contribution in [0.1, 0.15) is 20.3 Å². The summed E-state index contributed by atoms with van der Waals surface area (Å²) in [6.07, 6.45) is 3.29. The van der Waals surface area contributed by atoms with Gasteiger partial charge in [0.2, 0.25) is 0 Å². The lowest BCUT2D eigenvalue weighted by atomic mass is 10.1. The fourth-order valence-corrected chi connectivity index (χ4v) is 2.91. The van der Waals surface area contributed by atoms with Gasteiger partial charge in [0, 0.05) is 38.1 Å². The Kier molecular flexibility index (Phi) is 8.25. The molecule has 19 heavy (non-hydrogen) atoms. The molecule has 0 aromatic rings. The van der Waals surface area contributed by atoms with Gasteiger partial charge < -0.3 is 9.47 Å². The number of rotatable bonds is 10. The first kappa shape index (κ1) is 17.2. The molecule has 0 aromatic heterocycles. The van der Waals surface area contributed by atoms with E-state index in [0.717, 1.165) is 25.4 Å². The molecule has 1 heterocycles. The van der Waals surface area contributed by atoms with E-state index in [1.54, 1.807) is 0 Å². The summed E-state index contributed by atoms with van der Waals surface area (Å²) in [6.45, 7) is 7.32. The fraction of sp³-hybridized carbons (Fsp3) is 0.923. The van der Waals surface area contributed by atoms with Gasteiger partial charge in [-0.25, -0.2) is 0 Å². The summed E-state index contributed by atoms with van der Waals surface area (Å²) in [6, 6.07) is 0. The molecule has 6 heteroatoms. The van der Waals surface area contributed by atoms with E-state index in [4.69, 9.17) is 20.7 Å². The van der Waals surface area contributed by atoms with Crippen molar-refractivity contribution in [1.82, 2.24) is 4.90 Å². The summed E-state index contributed by atoms with van der Waals surface area (Å²) >= 11 is 5.17. The molecule has 1 rings (SSSR count). The topological polar surface area (TPSA) is 38.8 Å². The van der Waals surface area contributed by atoms with Crippen LogP contribution in [0, 0.1) is 5.92 Å². The fourth-order valence-electron chi connectivity index (χ4n) is 1.74. The maximum atomic E-state index is 11.3. The molecular formula is C13H25NO3S2. The highest BCUT2D eigenvalue weighted by molar-refractivity contribution is 8.28. The van der Waals surface area contributed by atoms with Crippen molar-refractivity contribution in [3.8, 4) is 0 Å². The smallest absolute Gasteiger partial charge is 0.160 e. The van der Waals surface area contributed by atoms with E-state index >= 15 is 0 Å². The van der Waals surface area contributed by atoms with Crippen molar-refractivity contribution in [1.29, 1.82) is 0 Å². The Morgan fingerprint density at radius 2 is 2.11 bits per heavy atom.